The third kappa shape index (κ3) is 3.29. The number of aromatic carboxylic acids is 1. The van der Waals surface area contributed by atoms with Crippen LogP contribution >= 0.6 is 0 Å². The zero-order valence-electron chi connectivity index (χ0n) is 8.40. The minimum atomic E-state index is -1.01. The second kappa shape index (κ2) is 5.41. The third-order valence-corrected chi connectivity index (χ3v) is 1.81. The summed E-state index contributed by atoms with van der Waals surface area (Å²) in [5.74, 6) is -0.640. The van der Waals surface area contributed by atoms with Gasteiger partial charge in [-0.1, -0.05) is 11.5 Å². The predicted octanol–water partition coefficient (Wildman–Crippen LogP) is 0.204. The van der Waals surface area contributed by atoms with Crippen LogP contribution in [0.3, 0.4) is 0 Å². The molecular weight excluding hydrogens is 195 g/mol. The number of hydrogen-bond donors (Lipinski definition) is 1. The Morgan fingerprint density at radius 1 is 1.47 bits per heavy atom. The highest BCUT2D eigenvalue weighted by atomic mass is 16.5. The third-order valence-electron chi connectivity index (χ3n) is 1.81. The molecule has 0 saturated heterocycles. The van der Waals surface area contributed by atoms with Crippen LogP contribution in [0, 0.1) is 0 Å². The summed E-state index contributed by atoms with van der Waals surface area (Å²) in [6.45, 7) is 0.764. The van der Waals surface area contributed by atoms with E-state index >= 15 is 0 Å². The SMILES string of the molecule is [B]c1ccc(C(=O)O)cc1OCCOC. The van der Waals surface area contributed by atoms with Crippen molar-refractivity contribution in [3.63, 3.8) is 0 Å². The Hall–Kier alpha value is -1.49. The van der Waals surface area contributed by atoms with Gasteiger partial charge in [-0.2, -0.15) is 0 Å². The molecule has 0 aliphatic heterocycles. The molecule has 0 aliphatic carbocycles. The minimum absolute atomic E-state index is 0.150. The number of carboxylic acid groups (broad SMARTS) is 1. The van der Waals surface area contributed by atoms with E-state index in [2.05, 4.69) is 0 Å². The number of rotatable bonds is 5. The molecule has 1 aromatic carbocycles. The Morgan fingerprint density at radius 2 is 2.20 bits per heavy atom. The van der Waals surface area contributed by atoms with E-state index in [-0.39, 0.29) is 5.56 Å². The maximum atomic E-state index is 10.7. The minimum Gasteiger partial charge on any atom is -0.492 e. The van der Waals surface area contributed by atoms with E-state index in [0.717, 1.165) is 0 Å². The first-order valence-electron chi connectivity index (χ1n) is 4.39. The van der Waals surface area contributed by atoms with Gasteiger partial charge in [-0.3, -0.25) is 0 Å². The summed E-state index contributed by atoms with van der Waals surface area (Å²) >= 11 is 0. The zero-order chi connectivity index (χ0) is 11.3. The van der Waals surface area contributed by atoms with Crippen molar-refractivity contribution in [3.05, 3.63) is 23.8 Å². The average Bonchev–Trinajstić information content (AvgIpc) is 2.20. The topological polar surface area (TPSA) is 55.8 Å². The molecule has 4 nitrogen and oxygen atoms in total. The van der Waals surface area contributed by atoms with E-state index in [1.54, 1.807) is 7.11 Å². The first-order chi connectivity index (χ1) is 7.15. The summed E-state index contributed by atoms with van der Waals surface area (Å²) < 4.78 is 10.1. The number of hydrogen-bond acceptors (Lipinski definition) is 3. The van der Waals surface area contributed by atoms with Gasteiger partial charge in [-0.25, -0.2) is 4.79 Å². The Balaban J connectivity index is 2.76. The Bertz CT molecular complexity index is 351. The molecule has 0 amide bonds. The van der Waals surface area contributed by atoms with Gasteiger partial charge >= 0.3 is 5.97 Å². The predicted molar refractivity (Wildman–Crippen MR) is 56.2 cm³/mol. The fraction of sp³-hybridized carbons (Fsp3) is 0.300. The van der Waals surface area contributed by atoms with E-state index < -0.39 is 5.97 Å². The van der Waals surface area contributed by atoms with Gasteiger partial charge in [0.1, 0.15) is 20.2 Å². The molecule has 0 bridgehead atoms. The van der Waals surface area contributed by atoms with Crippen LogP contribution in [-0.2, 0) is 4.74 Å². The van der Waals surface area contributed by atoms with E-state index in [1.165, 1.54) is 18.2 Å². The summed E-state index contributed by atoms with van der Waals surface area (Å²) in [7, 11) is 7.17. The Morgan fingerprint density at radius 3 is 2.80 bits per heavy atom. The quantitative estimate of drug-likeness (QED) is 0.552. The summed E-state index contributed by atoms with van der Waals surface area (Å²) in [5.41, 5.74) is 0.563. The Kier molecular flexibility index (Phi) is 4.18. The molecule has 15 heavy (non-hydrogen) atoms. The molecule has 0 spiro atoms. The highest BCUT2D eigenvalue weighted by Gasteiger charge is 2.06. The maximum Gasteiger partial charge on any atom is 0.335 e. The molecule has 1 N–H and O–H groups in total. The number of carboxylic acids is 1. The molecule has 1 aromatic rings. The lowest BCUT2D eigenvalue weighted by Gasteiger charge is -2.09. The molecule has 2 radical (unpaired) electrons. The number of methoxy groups -OCH3 is 1. The summed E-state index contributed by atoms with van der Waals surface area (Å²) in [6.07, 6.45) is 0. The largest absolute Gasteiger partial charge is 0.492 e. The monoisotopic (exact) mass is 206 g/mol. The van der Waals surface area contributed by atoms with Gasteiger partial charge in [0.05, 0.1) is 12.2 Å². The van der Waals surface area contributed by atoms with Crippen molar-refractivity contribution in [1.82, 2.24) is 0 Å². The highest BCUT2D eigenvalue weighted by molar-refractivity contribution is 6.34. The summed E-state index contributed by atoms with van der Waals surface area (Å²) in [4.78, 5) is 10.7. The molecular formula is C10H11BO4. The van der Waals surface area contributed by atoms with Crippen molar-refractivity contribution in [1.29, 1.82) is 0 Å². The smallest absolute Gasteiger partial charge is 0.335 e. The van der Waals surface area contributed by atoms with Crippen molar-refractivity contribution >= 4 is 19.3 Å². The first-order valence-corrected chi connectivity index (χ1v) is 4.39. The molecule has 0 atom stereocenters. The van der Waals surface area contributed by atoms with Gasteiger partial charge in [0.2, 0.25) is 0 Å². The van der Waals surface area contributed by atoms with Gasteiger partial charge < -0.3 is 14.6 Å². The van der Waals surface area contributed by atoms with Gasteiger partial charge in [-0.05, 0) is 12.1 Å². The van der Waals surface area contributed by atoms with Gasteiger partial charge in [0.15, 0.2) is 0 Å². The average molecular weight is 206 g/mol. The first kappa shape index (κ1) is 11.6. The zero-order valence-corrected chi connectivity index (χ0v) is 8.40. The van der Waals surface area contributed by atoms with Crippen molar-refractivity contribution in [2.75, 3.05) is 20.3 Å². The van der Waals surface area contributed by atoms with Crippen molar-refractivity contribution in [2.24, 2.45) is 0 Å². The van der Waals surface area contributed by atoms with Crippen LogP contribution in [0.1, 0.15) is 10.4 Å². The molecule has 1 rings (SSSR count). The standard InChI is InChI=1S/C10H11BO4/c1-14-4-5-15-9-6-7(10(12)13)2-3-8(9)11/h2-3,6H,4-5H2,1H3,(H,12,13). The molecule has 0 aliphatic rings. The fourth-order valence-electron chi connectivity index (χ4n) is 1.03. The normalized spacial score (nSPS) is 9.93. The van der Waals surface area contributed by atoms with Crippen molar-refractivity contribution < 1.29 is 19.4 Å². The van der Waals surface area contributed by atoms with Crippen LogP contribution in [0.25, 0.3) is 0 Å². The molecule has 0 heterocycles. The van der Waals surface area contributed by atoms with Crippen LogP contribution in [-0.4, -0.2) is 39.2 Å². The van der Waals surface area contributed by atoms with E-state index in [4.69, 9.17) is 22.4 Å². The maximum absolute atomic E-state index is 10.7. The molecule has 0 fully saturated rings. The van der Waals surface area contributed by atoms with Crippen LogP contribution in [0.5, 0.6) is 5.75 Å². The number of ether oxygens (including phenoxy) is 2. The summed E-state index contributed by atoms with van der Waals surface area (Å²) in [5, 5.41) is 8.75. The van der Waals surface area contributed by atoms with Crippen molar-refractivity contribution in [3.8, 4) is 5.75 Å². The Labute approximate surface area is 89.2 Å². The lowest BCUT2D eigenvalue weighted by Crippen LogP contribution is -2.14. The summed E-state index contributed by atoms with van der Waals surface area (Å²) in [6, 6.07) is 4.33. The van der Waals surface area contributed by atoms with Crippen LogP contribution in [0.2, 0.25) is 0 Å². The van der Waals surface area contributed by atoms with E-state index in [1.807, 2.05) is 0 Å². The number of carbonyl (C=O) groups is 1. The van der Waals surface area contributed by atoms with Crippen LogP contribution in [0.4, 0.5) is 0 Å². The van der Waals surface area contributed by atoms with E-state index in [0.29, 0.717) is 24.4 Å². The van der Waals surface area contributed by atoms with Gasteiger partial charge in [0.25, 0.3) is 0 Å². The molecule has 78 valence electrons. The van der Waals surface area contributed by atoms with E-state index in [9.17, 15) is 4.79 Å². The highest BCUT2D eigenvalue weighted by Crippen LogP contribution is 2.10. The van der Waals surface area contributed by atoms with Crippen LogP contribution in [0.15, 0.2) is 18.2 Å². The van der Waals surface area contributed by atoms with Crippen molar-refractivity contribution in [2.45, 2.75) is 0 Å². The lowest BCUT2D eigenvalue weighted by atomic mass is 9.94. The molecule has 0 unspecified atom stereocenters. The van der Waals surface area contributed by atoms with Gasteiger partial charge in [0, 0.05) is 7.11 Å². The molecule has 5 heteroatoms. The van der Waals surface area contributed by atoms with Gasteiger partial charge in [-0.15, -0.1) is 0 Å². The molecule has 0 saturated carbocycles. The fourth-order valence-corrected chi connectivity index (χ4v) is 1.03. The second-order valence-electron chi connectivity index (χ2n) is 2.90. The number of benzene rings is 1. The second-order valence-corrected chi connectivity index (χ2v) is 2.90. The molecule has 0 aromatic heterocycles. The van der Waals surface area contributed by atoms with Crippen LogP contribution < -0.4 is 10.2 Å². The lowest BCUT2D eigenvalue weighted by molar-refractivity contribution is 0.0696.